The van der Waals surface area contributed by atoms with Gasteiger partial charge in [0.25, 0.3) is 5.91 Å². The van der Waals surface area contributed by atoms with Crippen LogP contribution in [0.2, 0.25) is 0 Å². The van der Waals surface area contributed by atoms with E-state index < -0.39 is 29.6 Å². The lowest BCUT2D eigenvalue weighted by Gasteiger charge is -2.11. The zero-order valence-corrected chi connectivity index (χ0v) is 15.7. The molecule has 0 aliphatic carbocycles. The highest BCUT2D eigenvalue weighted by Crippen LogP contribution is 2.36. The van der Waals surface area contributed by atoms with Crippen LogP contribution < -0.4 is 5.32 Å². The molecule has 0 saturated heterocycles. The highest BCUT2D eigenvalue weighted by atomic mass is 79.9. The van der Waals surface area contributed by atoms with Gasteiger partial charge in [0.05, 0.1) is 11.4 Å². The van der Waals surface area contributed by atoms with Crippen LogP contribution in [-0.4, -0.2) is 15.7 Å². The Labute approximate surface area is 168 Å². The number of hydrogen-bond acceptors (Lipinski definition) is 2. The van der Waals surface area contributed by atoms with Gasteiger partial charge in [-0.05, 0) is 52.3 Å². The molecule has 0 radical (unpaired) electrons. The van der Waals surface area contributed by atoms with Gasteiger partial charge >= 0.3 is 12.4 Å². The fourth-order valence-corrected chi connectivity index (χ4v) is 2.81. The molecule has 0 spiro atoms. The first-order chi connectivity index (χ1) is 13.5. The average molecular weight is 478 g/mol. The summed E-state index contributed by atoms with van der Waals surface area (Å²) in [6, 6.07) is 11.3. The van der Waals surface area contributed by atoms with Gasteiger partial charge in [-0.25, -0.2) is 4.68 Å². The lowest BCUT2D eigenvalue weighted by Crippen LogP contribution is -2.14. The van der Waals surface area contributed by atoms with E-state index in [2.05, 4.69) is 26.3 Å². The van der Waals surface area contributed by atoms with Crippen LogP contribution in [-0.2, 0) is 12.4 Å². The first-order valence-electron chi connectivity index (χ1n) is 7.87. The normalized spacial score (nSPS) is 12.1. The topological polar surface area (TPSA) is 46.9 Å². The second-order valence-electron chi connectivity index (χ2n) is 5.80. The summed E-state index contributed by atoms with van der Waals surface area (Å²) in [7, 11) is 0. The van der Waals surface area contributed by atoms with Gasteiger partial charge in [-0.1, -0.05) is 12.1 Å². The molecule has 1 amide bonds. The van der Waals surface area contributed by atoms with Gasteiger partial charge < -0.3 is 5.32 Å². The molecule has 1 N–H and O–H groups in total. The van der Waals surface area contributed by atoms with E-state index in [1.165, 1.54) is 12.1 Å². The van der Waals surface area contributed by atoms with Crippen LogP contribution in [0.25, 0.3) is 5.69 Å². The maximum atomic E-state index is 13.1. The molecule has 4 nitrogen and oxygen atoms in total. The molecule has 0 aliphatic rings. The number of anilines is 1. The van der Waals surface area contributed by atoms with Crippen molar-refractivity contribution in [3.8, 4) is 5.69 Å². The summed E-state index contributed by atoms with van der Waals surface area (Å²) in [4.78, 5) is 12.3. The van der Waals surface area contributed by atoms with Crippen LogP contribution >= 0.6 is 15.9 Å². The largest absolute Gasteiger partial charge is 0.435 e. The van der Waals surface area contributed by atoms with E-state index in [-0.39, 0.29) is 22.0 Å². The summed E-state index contributed by atoms with van der Waals surface area (Å²) in [5.74, 6) is -0.545. The van der Waals surface area contributed by atoms with Crippen molar-refractivity contribution < 1.29 is 31.1 Å². The molecule has 3 aromatic rings. The molecular formula is C18H10BrF6N3O. The lowest BCUT2D eigenvalue weighted by molar-refractivity contribution is -0.143. The molecule has 0 saturated carbocycles. The number of rotatable bonds is 3. The molecule has 2 aromatic carbocycles. The summed E-state index contributed by atoms with van der Waals surface area (Å²) in [5, 5.41) is 5.65. The zero-order valence-electron chi connectivity index (χ0n) is 14.1. The molecule has 0 aliphatic heterocycles. The van der Waals surface area contributed by atoms with Crippen LogP contribution in [0.15, 0.2) is 59.1 Å². The molecule has 29 heavy (non-hydrogen) atoms. The minimum Gasteiger partial charge on any atom is -0.321 e. The molecule has 0 atom stereocenters. The van der Waals surface area contributed by atoms with Crippen molar-refractivity contribution in [1.29, 1.82) is 0 Å². The monoisotopic (exact) mass is 477 g/mol. The number of hydrogen-bond donors (Lipinski definition) is 1. The number of carbonyl (C=O) groups excluding carboxylic acids is 1. The number of carbonyl (C=O) groups is 1. The van der Waals surface area contributed by atoms with Crippen molar-refractivity contribution in [1.82, 2.24) is 9.78 Å². The third-order valence-electron chi connectivity index (χ3n) is 3.79. The van der Waals surface area contributed by atoms with Crippen LogP contribution in [0.4, 0.5) is 32.0 Å². The number of nitrogens with one attached hydrogen (secondary N) is 1. The van der Waals surface area contributed by atoms with Gasteiger partial charge in [0, 0.05) is 16.1 Å². The molecule has 0 fully saturated rings. The van der Waals surface area contributed by atoms with Crippen molar-refractivity contribution in [2.45, 2.75) is 12.4 Å². The van der Waals surface area contributed by atoms with Crippen molar-refractivity contribution in [2.24, 2.45) is 0 Å². The molecule has 1 aromatic heterocycles. The molecule has 1 heterocycles. The van der Waals surface area contributed by atoms with Crippen LogP contribution in [0.1, 0.15) is 21.7 Å². The van der Waals surface area contributed by atoms with E-state index in [1.807, 2.05) is 0 Å². The van der Waals surface area contributed by atoms with Gasteiger partial charge in [0.1, 0.15) is 5.69 Å². The van der Waals surface area contributed by atoms with Crippen molar-refractivity contribution in [2.75, 3.05) is 5.32 Å². The predicted molar refractivity (Wildman–Crippen MR) is 95.7 cm³/mol. The number of aromatic nitrogens is 2. The number of amides is 1. The number of nitrogens with zero attached hydrogens (tertiary/aromatic N) is 2. The fraction of sp³-hybridized carbons (Fsp3) is 0.111. The molecule has 0 unspecified atom stereocenters. The Bertz CT molecular complexity index is 1040. The second kappa shape index (κ2) is 7.54. The molecule has 11 heteroatoms. The number of alkyl halides is 6. The van der Waals surface area contributed by atoms with Gasteiger partial charge in [-0.2, -0.15) is 31.4 Å². The van der Waals surface area contributed by atoms with Gasteiger partial charge in [-0.3, -0.25) is 4.79 Å². The predicted octanol–water partition coefficient (Wildman–Crippen LogP) is 5.92. The number of para-hydroxylation sites is 1. The van der Waals surface area contributed by atoms with Crippen LogP contribution in [0.5, 0.6) is 0 Å². The van der Waals surface area contributed by atoms with Crippen molar-refractivity contribution >= 4 is 27.5 Å². The molecular weight excluding hydrogens is 468 g/mol. The zero-order chi connectivity index (χ0) is 21.4. The third kappa shape index (κ3) is 4.61. The first-order valence-corrected chi connectivity index (χ1v) is 8.67. The van der Waals surface area contributed by atoms with E-state index in [0.29, 0.717) is 10.2 Å². The van der Waals surface area contributed by atoms with Gasteiger partial charge in [-0.15, -0.1) is 0 Å². The van der Waals surface area contributed by atoms with Crippen LogP contribution in [0.3, 0.4) is 0 Å². The summed E-state index contributed by atoms with van der Waals surface area (Å²) in [6.45, 7) is 0. The maximum absolute atomic E-state index is 13.1. The smallest absolute Gasteiger partial charge is 0.321 e. The Hall–Kier alpha value is -2.82. The summed E-state index contributed by atoms with van der Waals surface area (Å²) < 4.78 is 78.5. The highest BCUT2D eigenvalue weighted by molar-refractivity contribution is 9.10. The summed E-state index contributed by atoms with van der Waals surface area (Å²) in [5.41, 5.74) is -2.94. The van der Waals surface area contributed by atoms with E-state index in [9.17, 15) is 31.1 Å². The summed E-state index contributed by atoms with van der Waals surface area (Å²) in [6.07, 6.45) is -10.1. The van der Waals surface area contributed by atoms with E-state index in [0.717, 1.165) is 12.1 Å². The SMILES string of the molecule is O=C(Nc1ccccc1Br)c1ccc(-n2nc(C(F)(F)F)cc2C(F)(F)F)cc1. The Balaban J connectivity index is 1.91. The van der Waals surface area contributed by atoms with E-state index in [4.69, 9.17) is 0 Å². The Morgan fingerprint density at radius 2 is 1.55 bits per heavy atom. The number of benzene rings is 2. The average Bonchev–Trinajstić information content (AvgIpc) is 3.10. The minimum atomic E-state index is -5.05. The molecule has 0 bridgehead atoms. The summed E-state index contributed by atoms with van der Waals surface area (Å²) >= 11 is 3.26. The van der Waals surface area contributed by atoms with E-state index in [1.54, 1.807) is 24.3 Å². The Kier molecular flexibility index (Phi) is 5.44. The number of halogens is 7. The first kappa shape index (κ1) is 20.9. The van der Waals surface area contributed by atoms with Crippen molar-refractivity contribution in [3.05, 3.63) is 76.0 Å². The molecule has 3 rings (SSSR count). The maximum Gasteiger partial charge on any atom is 0.435 e. The van der Waals surface area contributed by atoms with Gasteiger partial charge in [0.15, 0.2) is 5.69 Å². The highest BCUT2D eigenvalue weighted by Gasteiger charge is 2.42. The third-order valence-corrected chi connectivity index (χ3v) is 4.48. The van der Waals surface area contributed by atoms with Crippen molar-refractivity contribution in [3.63, 3.8) is 0 Å². The van der Waals surface area contributed by atoms with Gasteiger partial charge in [0.2, 0.25) is 0 Å². The minimum absolute atomic E-state index is 0.0620. The molecule has 152 valence electrons. The van der Waals surface area contributed by atoms with Crippen LogP contribution in [0, 0.1) is 0 Å². The fourth-order valence-electron chi connectivity index (χ4n) is 2.43. The Morgan fingerprint density at radius 3 is 2.10 bits per heavy atom. The quantitative estimate of drug-likeness (QED) is 0.475. The lowest BCUT2D eigenvalue weighted by atomic mass is 10.2. The standard InChI is InChI=1S/C18H10BrF6N3O/c19-12-3-1-2-4-13(12)26-16(29)10-5-7-11(8-6-10)28-15(18(23,24)25)9-14(27-28)17(20,21)22/h1-9H,(H,26,29). The second-order valence-corrected chi connectivity index (χ2v) is 6.66. The van der Waals surface area contributed by atoms with E-state index >= 15 is 0 Å². The Morgan fingerprint density at radius 1 is 0.931 bits per heavy atom.